The third kappa shape index (κ3) is 5.71. The summed E-state index contributed by atoms with van der Waals surface area (Å²) in [5, 5.41) is 4.74. The maximum absolute atomic E-state index is 12.2. The van der Waals surface area contributed by atoms with Gasteiger partial charge in [-0.2, -0.15) is 0 Å². The van der Waals surface area contributed by atoms with Crippen molar-refractivity contribution in [3.05, 3.63) is 47.0 Å². The molecule has 0 bridgehead atoms. The second-order valence-electron chi connectivity index (χ2n) is 6.38. The van der Waals surface area contributed by atoms with Crippen molar-refractivity contribution in [2.45, 2.75) is 23.8 Å². The van der Waals surface area contributed by atoms with Gasteiger partial charge in [-0.3, -0.25) is 4.79 Å². The van der Waals surface area contributed by atoms with Crippen LogP contribution in [0.5, 0.6) is 0 Å². The number of rotatable bonds is 6. The van der Waals surface area contributed by atoms with Crippen LogP contribution in [0.1, 0.15) is 28.9 Å². The lowest BCUT2D eigenvalue weighted by Gasteiger charge is -2.31. The van der Waals surface area contributed by atoms with E-state index in [1.54, 1.807) is 10.3 Å². The first kappa shape index (κ1) is 19.7. The molecular formula is C19H23N3O3S2. The first-order valence-corrected chi connectivity index (χ1v) is 11.0. The van der Waals surface area contributed by atoms with Gasteiger partial charge in [0, 0.05) is 25.0 Å². The van der Waals surface area contributed by atoms with E-state index in [0.717, 1.165) is 22.7 Å². The molecule has 3 rings (SSSR count). The largest absolute Gasteiger partial charge is 0.445 e. The van der Waals surface area contributed by atoms with Crippen molar-refractivity contribution in [2.24, 2.45) is 5.92 Å². The Kier molecular flexibility index (Phi) is 7.11. The van der Waals surface area contributed by atoms with Crippen molar-refractivity contribution in [1.82, 2.24) is 15.2 Å². The van der Waals surface area contributed by atoms with Gasteiger partial charge in [0.2, 0.25) is 0 Å². The second kappa shape index (κ2) is 9.75. The lowest BCUT2D eigenvalue weighted by Crippen LogP contribution is -2.41. The summed E-state index contributed by atoms with van der Waals surface area (Å²) in [6.45, 7) is 2.21. The molecule has 0 radical (unpaired) electrons. The zero-order valence-electron chi connectivity index (χ0n) is 15.2. The molecule has 0 aliphatic carbocycles. The highest BCUT2D eigenvalue weighted by Gasteiger charge is 2.24. The van der Waals surface area contributed by atoms with Crippen LogP contribution in [0.15, 0.2) is 40.1 Å². The molecular weight excluding hydrogens is 382 g/mol. The smallest absolute Gasteiger partial charge is 0.410 e. The molecule has 2 heterocycles. The molecule has 1 aromatic heterocycles. The van der Waals surface area contributed by atoms with Gasteiger partial charge in [-0.15, -0.1) is 11.3 Å². The van der Waals surface area contributed by atoms with Gasteiger partial charge < -0.3 is 15.0 Å². The van der Waals surface area contributed by atoms with Gasteiger partial charge in [0.05, 0.1) is 0 Å². The van der Waals surface area contributed by atoms with Crippen LogP contribution in [-0.2, 0) is 11.3 Å². The van der Waals surface area contributed by atoms with Crippen LogP contribution in [0.2, 0.25) is 0 Å². The summed E-state index contributed by atoms with van der Waals surface area (Å²) >= 11 is 3.02. The number of hydrogen-bond donors (Lipinski definition) is 1. The van der Waals surface area contributed by atoms with E-state index in [4.69, 9.17) is 4.74 Å². The Bertz CT molecular complexity index is 759. The van der Waals surface area contributed by atoms with Crippen molar-refractivity contribution in [3.63, 3.8) is 0 Å². The molecule has 1 aliphatic heterocycles. The first-order chi connectivity index (χ1) is 13.2. The quantitative estimate of drug-likeness (QED) is 0.743. The second-order valence-corrected chi connectivity index (χ2v) is 8.29. The highest BCUT2D eigenvalue weighted by atomic mass is 32.2. The molecule has 2 amide bonds. The van der Waals surface area contributed by atoms with Crippen LogP contribution in [-0.4, -0.2) is 47.8 Å². The van der Waals surface area contributed by atoms with Crippen molar-refractivity contribution in [3.8, 4) is 0 Å². The molecule has 27 heavy (non-hydrogen) atoms. The molecule has 0 saturated carbocycles. The number of nitrogens with one attached hydrogen (secondary N) is 1. The predicted molar refractivity (Wildman–Crippen MR) is 107 cm³/mol. The van der Waals surface area contributed by atoms with Gasteiger partial charge in [-0.05, 0) is 30.6 Å². The predicted octanol–water partition coefficient (Wildman–Crippen LogP) is 3.64. The third-order valence-electron chi connectivity index (χ3n) is 4.52. The Labute approximate surface area is 167 Å². The Morgan fingerprint density at radius 1 is 1.30 bits per heavy atom. The average Bonchev–Trinajstić information content (AvgIpc) is 3.21. The van der Waals surface area contributed by atoms with E-state index in [2.05, 4.69) is 10.3 Å². The highest BCUT2D eigenvalue weighted by Crippen LogP contribution is 2.20. The molecule has 6 nitrogen and oxygen atoms in total. The van der Waals surface area contributed by atoms with Crippen molar-refractivity contribution in [1.29, 1.82) is 0 Å². The topological polar surface area (TPSA) is 71.5 Å². The van der Waals surface area contributed by atoms with Gasteiger partial charge in [0.1, 0.15) is 16.6 Å². The summed E-state index contributed by atoms with van der Waals surface area (Å²) in [4.78, 5) is 30.3. The molecule has 1 fully saturated rings. The molecule has 2 aromatic rings. The van der Waals surface area contributed by atoms with Crippen LogP contribution in [0.4, 0.5) is 4.79 Å². The third-order valence-corrected chi connectivity index (χ3v) is 6.38. The highest BCUT2D eigenvalue weighted by molar-refractivity contribution is 8.00. The summed E-state index contributed by atoms with van der Waals surface area (Å²) in [5.41, 5.74) is 1.46. The van der Waals surface area contributed by atoms with Gasteiger partial charge in [-0.1, -0.05) is 42.1 Å². The van der Waals surface area contributed by atoms with E-state index in [9.17, 15) is 9.59 Å². The van der Waals surface area contributed by atoms with Gasteiger partial charge in [-0.25, -0.2) is 9.78 Å². The lowest BCUT2D eigenvalue weighted by molar-refractivity contribution is 0.0800. The van der Waals surface area contributed by atoms with Crippen LogP contribution >= 0.6 is 23.1 Å². The molecule has 1 saturated heterocycles. The van der Waals surface area contributed by atoms with E-state index >= 15 is 0 Å². The minimum absolute atomic E-state index is 0.128. The fourth-order valence-electron chi connectivity index (χ4n) is 2.91. The molecule has 0 spiro atoms. The molecule has 1 aliphatic rings. The van der Waals surface area contributed by atoms with Crippen molar-refractivity contribution < 1.29 is 14.3 Å². The number of likely N-dealkylation sites (tertiary alicyclic amines) is 1. The van der Waals surface area contributed by atoms with Crippen molar-refractivity contribution >= 4 is 35.1 Å². The Morgan fingerprint density at radius 3 is 2.70 bits per heavy atom. The minimum atomic E-state index is -0.270. The van der Waals surface area contributed by atoms with Gasteiger partial charge in [0.25, 0.3) is 5.91 Å². The minimum Gasteiger partial charge on any atom is -0.445 e. The Balaban J connectivity index is 1.37. The van der Waals surface area contributed by atoms with Crippen LogP contribution in [0.3, 0.4) is 0 Å². The number of ether oxygens (including phenoxy) is 1. The van der Waals surface area contributed by atoms with E-state index in [1.807, 2.05) is 36.6 Å². The number of piperidine rings is 1. The zero-order chi connectivity index (χ0) is 19.1. The Morgan fingerprint density at radius 2 is 2.04 bits per heavy atom. The summed E-state index contributed by atoms with van der Waals surface area (Å²) in [6.07, 6.45) is 3.38. The number of carbonyl (C=O) groups excluding carboxylic acids is 2. The van der Waals surface area contributed by atoms with E-state index in [1.165, 1.54) is 23.1 Å². The number of aromatic nitrogens is 1. The maximum atomic E-state index is 12.2. The number of thiazole rings is 1. The molecule has 0 unspecified atom stereocenters. The molecule has 8 heteroatoms. The fourth-order valence-corrected chi connectivity index (χ4v) is 4.16. The van der Waals surface area contributed by atoms with Crippen LogP contribution < -0.4 is 5.32 Å². The molecule has 0 atom stereocenters. The monoisotopic (exact) mass is 405 g/mol. The number of benzene rings is 1. The fraction of sp³-hybridized carbons (Fsp3) is 0.421. The van der Waals surface area contributed by atoms with Crippen LogP contribution in [0, 0.1) is 5.92 Å². The first-order valence-electron chi connectivity index (χ1n) is 8.89. The number of carbonyl (C=O) groups is 2. The number of thioether (sulfide) groups is 1. The molecule has 1 N–H and O–H groups in total. The van der Waals surface area contributed by atoms with Gasteiger partial charge >= 0.3 is 6.09 Å². The summed E-state index contributed by atoms with van der Waals surface area (Å²) in [5.74, 6) is 0.238. The summed E-state index contributed by atoms with van der Waals surface area (Å²) in [6, 6.07) is 9.66. The number of hydrogen-bond acceptors (Lipinski definition) is 6. The zero-order valence-corrected chi connectivity index (χ0v) is 16.9. The molecule has 1 aromatic carbocycles. The van der Waals surface area contributed by atoms with E-state index < -0.39 is 0 Å². The maximum Gasteiger partial charge on any atom is 0.410 e. The van der Waals surface area contributed by atoms with E-state index in [-0.39, 0.29) is 12.0 Å². The summed E-state index contributed by atoms with van der Waals surface area (Å²) in [7, 11) is 0. The SMILES string of the molecule is CSc1nc(C(=O)NCC2CCN(C(=O)OCc3ccccc3)CC2)cs1. The van der Waals surface area contributed by atoms with E-state index in [0.29, 0.717) is 37.9 Å². The summed E-state index contributed by atoms with van der Waals surface area (Å²) < 4.78 is 6.27. The van der Waals surface area contributed by atoms with Gasteiger partial charge in [0.15, 0.2) is 0 Å². The average molecular weight is 406 g/mol. The van der Waals surface area contributed by atoms with Crippen LogP contribution in [0.25, 0.3) is 0 Å². The standard InChI is InChI=1S/C19H23N3O3S2/c1-26-18-21-16(13-27-18)17(23)20-11-14-7-9-22(10-8-14)19(24)25-12-15-5-3-2-4-6-15/h2-6,13-14H,7-12H2,1H3,(H,20,23). The normalized spacial score (nSPS) is 14.8. The van der Waals surface area contributed by atoms with Crippen molar-refractivity contribution in [2.75, 3.05) is 25.9 Å². The molecule has 144 valence electrons. The Hall–Kier alpha value is -2.06. The lowest BCUT2D eigenvalue weighted by atomic mass is 9.97. The number of amides is 2. The number of nitrogens with zero attached hydrogens (tertiary/aromatic N) is 2.